The van der Waals surface area contributed by atoms with E-state index in [0.717, 1.165) is 37.1 Å². The highest BCUT2D eigenvalue weighted by Gasteiger charge is 2.32. The minimum absolute atomic E-state index is 0.00141. The second kappa shape index (κ2) is 5.70. The molecule has 0 aromatic heterocycles. The first kappa shape index (κ1) is 12.6. The molecule has 1 unspecified atom stereocenters. The van der Waals surface area contributed by atoms with E-state index in [0.29, 0.717) is 5.17 Å². The van der Waals surface area contributed by atoms with Crippen molar-refractivity contribution in [2.45, 2.75) is 25.7 Å². The smallest absolute Gasteiger partial charge is 0.256 e. The Hall–Kier alpha value is -1.42. The number of carbonyl (C=O) groups is 1. The van der Waals surface area contributed by atoms with Crippen LogP contribution in [0.1, 0.15) is 24.8 Å². The molecule has 98 valence electrons. The van der Waals surface area contributed by atoms with Crippen LogP contribution >= 0.6 is 11.8 Å². The largest absolute Gasteiger partial charge is 0.272 e. The van der Waals surface area contributed by atoms with Gasteiger partial charge in [0.05, 0.1) is 5.92 Å². The minimum Gasteiger partial charge on any atom is -0.272 e. The topological polar surface area (TPSA) is 41.8 Å². The quantitative estimate of drug-likeness (QED) is 0.848. The summed E-state index contributed by atoms with van der Waals surface area (Å²) in [4.78, 5) is 20.5. The summed E-state index contributed by atoms with van der Waals surface area (Å²) >= 11 is 1.59. The zero-order chi connectivity index (χ0) is 13.1. The van der Waals surface area contributed by atoms with Crippen LogP contribution in [-0.4, -0.2) is 22.5 Å². The third-order valence-electron chi connectivity index (χ3n) is 3.54. The third-order valence-corrected chi connectivity index (χ3v) is 4.38. The van der Waals surface area contributed by atoms with E-state index in [4.69, 9.17) is 0 Å². The first-order valence-electron chi connectivity index (χ1n) is 6.69. The maximum absolute atomic E-state index is 11.8. The fourth-order valence-corrected chi connectivity index (χ4v) is 3.37. The first-order valence-corrected chi connectivity index (χ1v) is 7.68. The molecule has 0 bridgehead atoms. The molecule has 1 heterocycles. The number of carbonyl (C=O) groups excluding carboxylic acids is 1. The number of rotatable bonds is 3. The zero-order valence-corrected chi connectivity index (χ0v) is 11.5. The van der Waals surface area contributed by atoms with Crippen LogP contribution < -0.4 is 0 Å². The molecule has 0 radical (unpaired) electrons. The molecule has 1 aliphatic carbocycles. The molecule has 3 rings (SSSR count). The molecule has 1 amide bonds. The van der Waals surface area contributed by atoms with Crippen molar-refractivity contribution >= 4 is 28.5 Å². The molecule has 1 fully saturated rings. The summed E-state index contributed by atoms with van der Waals surface area (Å²) in [5.41, 5.74) is 2.37. The lowest BCUT2D eigenvalue weighted by Gasteiger charge is -2.13. The summed E-state index contributed by atoms with van der Waals surface area (Å²) in [6.45, 7) is 0. The predicted molar refractivity (Wildman–Crippen MR) is 79.8 cm³/mol. The molecule has 1 aromatic carbocycles. The standard InChI is InChI=1S/C15H16N2OS/c18-14-12-7-4-8-13(12)16-15(17-14)19-10-9-11-5-2-1-3-6-11/h1-3,5-6,12H,4,7-10H2. The first-order chi connectivity index (χ1) is 9.33. The Morgan fingerprint density at radius 1 is 1.21 bits per heavy atom. The molecule has 0 spiro atoms. The van der Waals surface area contributed by atoms with Gasteiger partial charge < -0.3 is 0 Å². The molecule has 1 aliphatic heterocycles. The Morgan fingerprint density at radius 2 is 2.05 bits per heavy atom. The fraction of sp³-hybridized carbons (Fsp3) is 0.400. The Bertz CT molecular complexity index is 536. The number of aliphatic imine (C=N–C) groups is 2. The van der Waals surface area contributed by atoms with Crippen molar-refractivity contribution in [1.82, 2.24) is 0 Å². The average molecular weight is 272 g/mol. The maximum Gasteiger partial charge on any atom is 0.256 e. The van der Waals surface area contributed by atoms with Crippen molar-refractivity contribution in [3.8, 4) is 0 Å². The molecule has 19 heavy (non-hydrogen) atoms. The van der Waals surface area contributed by atoms with Crippen molar-refractivity contribution in [3.63, 3.8) is 0 Å². The highest BCUT2D eigenvalue weighted by atomic mass is 32.2. The second-order valence-electron chi connectivity index (χ2n) is 4.86. The number of aryl methyl sites for hydroxylation is 1. The molecular formula is C15H16N2OS. The highest BCUT2D eigenvalue weighted by molar-refractivity contribution is 8.13. The lowest BCUT2D eigenvalue weighted by Crippen LogP contribution is -2.23. The number of fused-ring (bicyclic) bond motifs is 1. The third kappa shape index (κ3) is 2.95. The van der Waals surface area contributed by atoms with Crippen molar-refractivity contribution < 1.29 is 4.79 Å². The predicted octanol–water partition coefficient (Wildman–Crippen LogP) is 3.10. The summed E-state index contributed by atoms with van der Waals surface area (Å²) in [5.74, 6) is 0.931. The number of amides is 1. The molecule has 0 saturated heterocycles. The van der Waals surface area contributed by atoms with Crippen LogP contribution in [0.3, 0.4) is 0 Å². The van der Waals surface area contributed by atoms with Gasteiger partial charge in [-0.25, -0.2) is 4.99 Å². The van der Waals surface area contributed by atoms with Crippen LogP contribution in [0.4, 0.5) is 0 Å². The average Bonchev–Trinajstić information content (AvgIpc) is 2.89. The van der Waals surface area contributed by atoms with Gasteiger partial charge in [0.25, 0.3) is 5.91 Å². The Kier molecular flexibility index (Phi) is 3.78. The minimum atomic E-state index is -0.00141. The van der Waals surface area contributed by atoms with E-state index in [-0.39, 0.29) is 11.8 Å². The molecular weight excluding hydrogens is 256 g/mol. The van der Waals surface area contributed by atoms with Crippen molar-refractivity contribution in [3.05, 3.63) is 35.9 Å². The Labute approximate surface area is 117 Å². The molecule has 2 aliphatic rings. The van der Waals surface area contributed by atoms with Crippen molar-refractivity contribution in [2.75, 3.05) is 5.75 Å². The van der Waals surface area contributed by atoms with Crippen LogP contribution in [-0.2, 0) is 11.2 Å². The Balaban J connectivity index is 1.57. The second-order valence-corrected chi connectivity index (χ2v) is 5.93. The van der Waals surface area contributed by atoms with Gasteiger partial charge in [-0.15, -0.1) is 0 Å². The van der Waals surface area contributed by atoms with Crippen molar-refractivity contribution in [2.24, 2.45) is 15.9 Å². The summed E-state index contributed by atoms with van der Waals surface area (Å²) in [7, 11) is 0. The van der Waals surface area contributed by atoms with E-state index in [9.17, 15) is 4.79 Å². The van der Waals surface area contributed by atoms with Crippen LogP contribution in [0, 0.1) is 5.92 Å². The van der Waals surface area contributed by atoms with E-state index in [2.05, 4.69) is 22.1 Å². The number of benzene rings is 1. The van der Waals surface area contributed by atoms with Crippen LogP contribution in [0.2, 0.25) is 0 Å². The summed E-state index contributed by atoms with van der Waals surface area (Å²) in [6.07, 6.45) is 3.96. The molecule has 1 saturated carbocycles. The van der Waals surface area contributed by atoms with Crippen LogP contribution in [0.15, 0.2) is 40.3 Å². The van der Waals surface area contributed by atoms with Gasteiger partial charge in [0, 0.05) is 11.5 Å². The number of thioether (sulfide) groups is 1. The maximum atomic E-state index is 11.8. The van der Waals surface area contributed by atoms with Gasteiger partial charge in [0.1, 0.15) is 0 Å². The van der Waals surface area contributed by atoms with E-state index in [1.165, 1.54) is 5.56 Å². The monoisotopic (exact) mass is 272 g/mol. The molecule has 0 N–H and O–H groups in total. The lowest BCUT2D eigenvalue weighted by molar-refractivity contribution is -0.119. The van der Waals surface area contributed by atoms with Gasteiger partial charge in [-0.2, -0.15) is 4.99 Å². The lowest BCUT2D eigenvalue weighted by atomic mass is 10.1. The number of nitrogens with zero attached hydrogens (tertiary/aromatic N) is 2. The van der Waals surface area contributed by atoms with E-state index >= 15 is 0 Å². The molecule has 1 aromatic rings. The van der Waals surface area contributed by atoms with Gasteiger partial charge in [0.15, 0.2) is 5.17 Å². The fourth-order valence-electron chi connectivity index (χ4n) is 2.52. The van der Waals surface area contributed by atoms with Crippen molar-refractivity contribution in [1.29, 1.82) is 0 Å². The van der Waals surface area contributed by atoms with Gasteiger partial charge in [-0.05, 0) is 31.2 Å². The zero-order valence-electron chi connectivity index (χ0n) is 10.7. The van der Waals surface area contributed by atoms with E-state index < -0.39 is 0 Å². The SMILES string of the molecule is O=C1N=C(SCCc2ccccc2)N=C2CCCC12. The number of amidine groups is 1. The normalized spacial score (nSPS) is 21.9. The van der Waals surface area contributed by atoms with Gasteiger partial charge in [-0.1, -0.05) is 42.1 Å². The van der Waals surface area contributed by atoms with Gasteiger partial charge in [0.2, 0.25) is 0 Å². The van der Waals surface area contributed by atoms with Crippen LogP contribution in [0.25, 0.3) is 0 Å². The summed E-state index contributed by atoms with van der Waals surface area (Å²) < 4.78 is 0. The van der Waals surface area contributed by atoms with Crippen LogP contribution in [0.5, 0.6) is 0 Å². The molecule has 1 atom stereocenters. The molecule has 3 nitrogen and oxygen atoms in total. The highest BCUT2D eigenvalue weighted by Crippen LogP contribution is 2.28. The molecule has 4 heteroatoms. The summed E-state index contributed by atoms with van der Waals surface area (Å²) in [5, 5.41) is 0.661. The van der Waals surface area contributed by atoms with Gasteiger partial charge >= 0.3 is 0 Å². The van der Waals surface area contributed by atoms with E-state index in [1.54, 1.807) is 11.8 Å². The Morgan fingerprint density at radius 3 is 2.89 bits per heavy atom. The number of hydrogen-bond acceptors (Lipinski definition) is 3. The number of hydrogen-bond donors (Lipinski definition) is 0. The van der Waals surface area contributed by atoms with Gasteiger partial charge in [-0.3, -0.25) is 4.79 Å². The summed E-state index contributed by atoms with van der Waals surface area (Å²) in [6, 6.07) is 10.4. The van der Waals surface area contributed by atoms with E-state index in [1.807, 2.05) is 18.2 Å².